The fourth-order valence-corrected chi connectivity index (χ4v) is 23.6. The molecule has 388 valence electrons. The van der Waals surface area contributed by atoms with E-state index in [1.807, 2.05) is 42.5 Å². The lowest BCUT2D eigenvalue weighted by atomic mass is 9.99. The van der Waals surface area contributed by atoms with Crippen LogP contribution < -0.4 is 31.8 Å². The van der Waals surface area contributed by atoms with Crippen molar-refractivity contribution in [3.63, 3.8) is 0 Å². The lowest BCUT2D eigenvalue weighted by Gasteiger charge is -2.44. The Morgan fingerprint density at radius 1 is 0.385 bits per heavy atom. The summed E-state index contributed by atoms with van der Waals surface area (Å²) in [6, 6.07) is 82.2. The van der Waals surface area contributed by atoms with E-state index in [2.05, 4.69) is 238 Å². The Hall–Kier alpha value is -6.32. The van der Waals surface area contributed by atoms with Crippen molar-refractivity contribution in [3.05, 3.63) is 283 Å². The Kier molecular flexibility index (Phi) is 16.5. The first-order chi connectivity index (χ1) is 38.1. The molecule has 9 aromatic rings. The van der Waals surface area contributed by atoms with Crippen molar-refractivity contribution in [3.8, 4) is 0 Å². The summed E-state index contributed by atoms with van der Waals surface area (Å²) in [5.41, 5.74) is 4.18. The predicted octanol–water partition coefficient (Wildman–Crippen LogP) is 18.0. The third kappa shape index (κ3) is 11.7. The molecule has 3 aliphatic heterocycles. The SMILES string of the molecule is CC12C[P+](c3ccccc3)(c3ccccc3)[N-]N=Nc3ccc(Cl)c(c3)CN(Cc3cc(ccc3Br)N=N[N-][P+](c3ccccc3)(c3ccccc3)C1)Cc1cc(ccc1Br)N=N[N-][P+](c1ccccc1)(c1ccccc1)C2. The van der Waals surface area contributed by atoms with Gasteiger partial charge in [0.25, 0.3) is 0 Å². The zero-order valence-corrected chi connectivity index (χ0v) is 49.3. The van der Waals surface area contributed by atoms with Gasteiger partial charge in [0.05, 0.1) is 23.9 Å². The van der Waals surface area contributed by atoms with E-state index >= 15 is 0 Å². The molecule has 0 aliphatic carbocycles. The highest BCUT2D eigenvalue weighted by atomic mass is 79.9. The summed E-state index contributed by atoms with van der Waals surface area (Å²) in [7, 11) is -9.04. The van der Waals surface area contributed by atoms with Crippen LogP contribution in [0.1, 0.15) is 23.6 Å². The van der Waals surface area contributed by atoms with Crippen LogP contribution in [0.15, 0.2) is 277 Å². The van der Waals surface area contributed by atoms with Crippen LogP contribution in [0.4, 0.5) is 17.1 Å². The molecule has 0 spiro atoms. The van der Waals surface area contributed by atoms with Crippen molar-refractivity contribution < 1.29 is 0 Å². The molecule has 9 aromatic carbocycles. The molecule has 0 N–H and O–H groups in total. The van der Waals surface area contributed by atoms with Crippen LogP contribution in [-0.2, 0) is 19.6 Å². The van der Waals surface area contributed by atoms with Gasteiger partial charge in [0, 0.05) is 33.6 Å². The fraction of sp³-hybridized carbons (Fsp3) is 0.129. The number of benzene rings is 9. The molecule has 16 heteroatoms. The summed E-state index contributed by atoms with van der Waals surface area (Å²) in [6.45, 7) is 3.90. The first-order valence-corrected chi connectivity index (χ1v) is 33.3. The molecule has 3 aliphatic rings. The van der Waals surface area contributed by atoms with E-state index in [1.165, 1.54) is 0 Å². The first kappa shape index (κ1) is 53.7. The third-order valence-electron chi connectivity index (χ3n) is 14.3. The van der Waals surface area contributed by atoms with Gasteiger partial charge in [-0.15, -0.1) is 0 Å². The maximum atomic E-state index is 7.14. The summed E-state index contributed by atoms with van der Waals surface area (Å²) in [5.74, 6) is 0. The molecule has 12 rings (SSSR count). The standard InChI is InChI=1S/C62H54Br2ClN10P3/c1-62-44-76(53-20-8-2-9-21-53,54-22-10-3-11-23-54)72-69-66-50-32-35-59(63)47(38-50)41-75(42-48-39-51(33-36-60(48)64)67-70-73-77(45-62,55-24-12-4-13-25-55)56-26-14-5-15-27-56)43-49-40-52(34-37-61(49)65)68-71-74-78(46-62,57-28-16-6-17-29-57)58-30-18-7-19-31-58/h2-40H,41-46H2,1H3. The van der Waals surface area contributed by atoms with E-state index in [0.717, 1.165) is 57.5 Å². The topological polar surface area (TPSA) is 120 Å². The van der Waals surface area contributed by atoms with Crippen molar-refractivity contribution >= 4 is 115 Å². The second kappa shape index (κ2) is 24.0. The molecular formula is C62H54Br2ClN10P3. The third-order valence-corrected chi connectivity index (χ3v) is 27.9. The van der Waals surface area contributed by atoms with Crippen LogP contribution in [0.2, 0.25) is 5.02 Å². The second-order valence-electron chi connectivity index (χ2n) is 19.9. The van der Waals surface area contributed by atoms with Crippen LogP contribution >= 0.6 is 65.7 Å². The van der Waals surface area contributed by atoms with Gasteiger partial charge in [-0.25, -0.2) is 31.3 Å². The average molecular weight is 1230 g/mol. The minimum absolute atomic E-state index is 0.464. The lowest BCUT2D eigenvalue weighted by Crippen LogP contribution is -2.43. The van der Waals surface area contributed by atoms with Gasteiger partial charge in [-0.1, -0.05) is 189 Å². The highest BCUT2D eigenvalue weighted by Gasteiger charge is 2.59. The smallest absolute Gasteiger partial charge is 0.127 e. The zero-order chi connectivity index (χ0) is 53.4. The van der Waals surface area contributed by atoms with Gasteiger partial charge >= 0.3 is 0 Å². The van der Waals surface area contributed by atoms with E-state index in [-0.39, 0.29) is 0 Å². The van der Waals surface area contributed by atoms with Crippen molar-refractivity contribution in [1.29, 1.82) is 0 Å². The number of fused-ring (bicyclic) bond motifs is 9. The normalized spacial score (nSPS) is 18.8. The van der Waals surface area contributed by atoms with Crippen molar-refractivity contribution in [2.45, 2.75) is 26.6 Å². The summed E-state index contributed by atoms with van der Waals surface area (Å²) in [5, 5.41) is 54.2. The summed E-state index contributed by atoms with van der Waals surface area (Å²) in [4.78, 5) is 2.34. The van der Waals surface area contributed by atoms with Crippen LogP contribution in [0.5, 0.6) is 0 Å². The Morgan fingerprint density at radius 2 is 0.654 bits per heavy atom. The van der Waals surface area contributed by atoms with Gasteiger partial charge in [0.1, 0.15) is 54.1 Å². The minimum Gasteiger partial charge on any atom is -0.348 e. The van der Waals surface area contributed by atoms with Gasteiger partial charge < -0.3 is 15.3 Å². The number of hydrogen-bond acceptors (Lipinski definition) is 7. The second-order valence-corrected chi connectivity index (χ2v) is 31.2. The van der Waals surface area contributed by atoms with Crippen LogP contribution in [0.25, 0.3) is 15.6 Å². The molecule has 0 unspecified atom stereocenters. The molecule has 10 nitrogen and oxygen atoms in total. The largest absolute Gasteiger partial charge is 0.348 e. The van der Waals surface area contributed by atoms with Crippen LogP contribution in [-0.4, -0.2) is 23.4 Å². The van der Waals surface area contributed by atoms with E-state index in [9.17, 15) is 0 Å². The quantitative estimate of drug-likeness (QED) is 0.151. The monoisotopic (exact) mass is 1220 g/mol. The minimum atomic E-state index is -3.02. The molecule has 8 bridgehead atoms. The fourth-order valence-electron chi connectivity index (χ4n) is 10.8. The predicted molar refractivity (Wildman–Crippen MR) is 336 cm³/mol. The molecule has 0 saturated carbocycles. The Bertz CT molecular complexity index is 3100. The van der Waals surface area contributed by atoms with E-state index < -0.39 is 27.7 Å². The number of halogens is 3. The maximum absolute atomic E-state index is 7.14. The van der Waals surface area contributed by atoms with Crippen molar-refractivity contribution in [2.75, 3.05) is 18.5 Å². The maximum Gasteiger partial charge on any atom is 0.127 e. The van der Waals surface area contributed by atoms with Gasteiger partial charge in [-0.3, -0.25) is 4.90 Å². The van der Waals surface area contributed by atoms with Gasteiger partial charge in [0.15, 0.2) is 0 Å². The van der Waals surface area contributed by atoms with Gasteiger partial charge in [-0.2, -0.15) is 0 Å². The number of nitrogens with zero attached hydrogens (tertiary/aromatic N) is 10. The zero-order valence-electron chi connectivity index (χ0n) is 42.7. The Labute approximate surface area is 480 Å². The molecule has 0 saturated heterocycles. The van der Waals surface area contributed by atoms with E-state index in [4.69, 9.17) is 58.2 Å². The van der Waals surface area contributed by atoms with Gasteiger partial charge in [0.2, 0.25) is 0 Å². The highest BCUT2D eigenvalue weighted by Crippen LogP contribution is 2.75. The molecule has 0 aromatic heterocycles. The molecular weight excluding hydrogens is 1170 g/mol. The molecule has 0 radical (unpaired) electrons. The Morgan fingerprint density at radius 3 is 0.962 bits per heavy atom. The summed E-state index contributed by atoms with van der Waals surface area (Å²) in [6.07, 6.45) is 1.60. The average Bonchev–Trinajstić information content (AvgIpc) is 3.51. The van der Waals surface area contributed by atoms with Crippen LogP contribution in [0.3, 0.4) is 0 Å². The Balaban J connectivity index is 1.26. The van der Waals surface area contributed by atoms with E-state index in [1.54, 1.807) is 0 Å². The van der Waals surface area contributed by atoms with Crippen LogP contribution in [0, 0.1) is 5.41 Å². The summed E-state index contributed by atoms with van der Waals surface area (Å²) >= 11 is 15.0. The van der Waals surface area contributed by atoms with Gasteiger partial charge in [-0.05, 0) is 132 Å². The van der Waals surface area contributed by atoms with Crippen molar-refractivity contribution in [1.82, 2.24) is 4.90 Å². The summed E-state index contributed by atoms with van der Waals surface area (Å²) < 4.78 is 1.87. The van der Waals surface area contributed by atoms with E-state index in [0.29, 0.717) is 60.2 Å². The lowest BCUT2D eigenvalue weighted by molar-refractivity contribution is 0.247. The highest BCUT2D eigenvalue weighted by molar-refractivity contribution is 9.10. The first-order valence-electron chi connectivity index (χ1n) is 25.6. The molecule has 3 heterocycles. The molecule has 78 heavy (non-hydrogen) atoms. The number of rotatable bonds is 6. The molecule has 0 amide bonds. The molecule has 0 fully saturated rings. The van der Waals surface area contributed by atoms with Crippen molar-refractivity contribution in [2.24, 2.45) is 36.4 Å². The molecule has 0 atom stereocenters. The number of hydrogen-bond donors (Lipinski definition) is 0.